The third-order valence-electron chi connectivity index (χ3n) is 8.22. The first kappa shape index (κ1) is 27.7. The van der Waals surface area contributed by atoms with Crippen LogP contribution in [0.4, 0.5) is 37.6 Å². The summed E-state index contributed by atoms with van der Waals surface area (Å²) in [5, 5.41) is 6.85. The standard InChI is InChI=1S/C30H34F2N8O2/c1-42-26-15-19(40-13-8-18(9-14-40)39-11-3-2-4-12-39)5-6-24(26)36-30-37-28-20(7-10-34-28)29(38-30)35-25-17-23(32)22(31)16-21(25)27(33)41/h5-7,10,15-18H,2-4,8-9,11-14H2,1H3,(H2,33,41)(H3,34,35,36,37,38)/p+1. The van der Waals surface area contributed by atoms with Crippen molar-refractivity contribution in [2.75, 3.05) is 48.8 Å². The lowest BCUT2D eigenvalue weighted by Crippen LogP contribution is -2.46. The Labute approximate surface area is 242 Å². The number of halogens is 2. The summed E-state index contributed by atoms with van der Waals surface area (Å²) in [5.41, 5.74) is 7.63. The van der Waals surface area contributed by atoms with Gasteiger partial charge < -0.3 is 25.6 Å². The van der Waals surface area contributed by atoms with Crippen molar-refractivity contribution in [1.29, 1.82) is 0 Å². The van der Waals surface area contributed by atoms with Crippen molar-refractivity contribution >= 4 is 45.8 Å². The second-order valence-electron chi connectivity index (χ2n) is 10.8. The molecule has 220 valence electrons. The highest BCUT2D eigenvalue weighted by molar-refractivity contribution is 6.00. The molecule has 0 unspecified atom stereocenters. The van der Waals surface area contributed by atoms with Gasteiger partial charge in [0.15, 0.2) is 17.4 Å². The van der Waals surface area contributed by atoms with Gasteiger partial charge >= 0.3 is 5.95 Å². The van der Waals surface area contributed by atoms with E-state index in [1.807, 2.05) is 12.1 Å². The number of benzene rings is 2. The van der Waals surface area contributed by atoms with Crippen LogP contribution in [-0.4, -0.2) is 60.1 Å². The zero-order chi connectivity index (χ0) is 29.2. The van der Waals surface area contributed by atoms with Gasteiger partial charge in [0, 0.05) is 43.1 Å². The van der Waals surface area contributed by atoms with E-state index < -0.39 is 17.5 Å². The second kappa shape index (κ2) is 11.8. The number of nitrogens with zero attached hydrogens (tertiary/aromatic N) is 3. The Kier molecular flexibility index (Phi) is 7.79. The molecular formula is C30H35F2N8O2+. The molecule has 0 atom stereocenters. The van der Waals surface area contributed by atoms with Gasteiger partial charge in [-0.3, -0.25) is 15.1 Å². The molecule has 2 fully saturated rings. The highest BCUT2D eigenvalue weighted by Crippen LogP contribution is 2.34. The Morgan fingerprint density at radius 2 is 1.79 bits per heavy atom. The monoisotopic (exact) mass is 577 g/mol. The van der Waals surface area contributed by atoms with Crippen molar-refractivity contribution in [3.8, 4) is 5.75 Å². The van der Waals surface area contributed by atoms with Gasteiger partial charge in [0.05, 0.1) is 23.7 Å². The van der Waals surface area contributed by atoms with Gasteiger partial charge in [-0.15, -0.1) is 0 Å². The Morgan fingerprint density at radius 3 is 2.52 bits per heavy atom. The van der Waals surface area contributed by atoms with Crippen molar-refractivity contribution in [1.82, 2.24) is 14.9 Å². The van der Waals surface area contributed by atoms with Gasteiger partial charge in [-0.05, 0) is 63.0 Å². The van der Waals surface area contributed by atoms with E-state index in [1.165, 1.54) is 32.4 Å². The summed E-state index contributed by atoms with van der Waals surface area (Å²) < 4.78 is 33.6. The summed E-state index contributed by atoms with van der Waals surface area (Å²) in [6, 6.07) is 10.1. The van der Waals surface area contributed by atoms with Crippen LogP contribution in [0.15, 0.2) is 42.6 Å². The van der Waals surface area contributed by atoms with Gasteiger partial charge in [-0.2, -0.15) is 0 Å². The van der Waals surface area contributed by atoms with Crippen LogP contribution in [0.25, 0.3) is 11.0 Å². The van der Waals surface area contributed by atoms with Crippen LogP contribution in [-0.2, 0) is 0 Å². The molecule has 6 N–H and O–H groups in total. The number of anilines is 5. The third-order valence-corrected chi connectivity index (χ3v) is 8.22. The fraction of sp³-hybridized carbons (Fsp3) is 0.367. The third kappa shape index (κ3) is 5.67. The number of ether oxygens (including phenoxy) is 1. The Bertz CT molecular complexity index is 1600. The van der Waals surface area contributed by atoms with E-state index in [4.69, 9.17) is 10.5 Å². The molecule has 2 saturated heterocycles. The van der Waals surface area contributed by atoms with E-state index in [0.29, 0.717) is 40.3 Å². The molecule has 2 aromatic carbocycles. The minimum atomic E-state index is -1.17. The SMILES string of the molecule is COc1cc(N2CCC(N3CCCCC3)CC2)ccc1Nc1nc(Nc2cc(F)c(F)cc2C(N)=O)c2cc[nH]c2[nH+]1. The molecule has 4 aromatic rings. The quantitative estimate of drug-likeness (QED) is 0.239. The van der Waals surface area contributed by atoms with Crippen molar-refractivity contribution in [3.05, 3.63) is 59.8 Å². The second-order valence-corrected chi connectivity index (χ2v) is 10.8. The zero-order valence-corrected chi connectivity index (χ0v) is 23.5. The van der Waals surface area contributed by atoms with E-state index >= 15 is 0 Å². The summed E-state index contributed by atoms with van der Waals surface area (Å²) in [4.78, 5) is 27.9. The minimum absolute atomic E-state index is 0.000425. The number of nitrogens with two attached hydrogens (primary N) is 1. The molecule has 2 aliphatic rings. The van der Waals surface area contributed by atoms with Crippen LogP contribution in [0.1, 0.15) is 42.5 Å². The average molecular weight is 578 g/mol. The molecule has 42 heavy (non-hydrogen) atoms. The number of H-pyrrole nitrogens is 2. The lowest BCUT2D eigenvalue weighted by Gasteiger charge is -2.41. The zero-order valence-electron chi connectivity index (χ0n) is 23.5. The summed E-state index contributed by atoms with van der Waals surface area (Å²) >= 11 is 0. The Balaban J connectivity index is 1.22. The van der Waals surface area contributed by atoms with Crippen molar-refractivity contribution in [2.24, 2.45) is 5.73 Å². The lowest BCUT2D eigenvalue weighted by atomic mass is 9.99. The normalized spacial score (nSPS) is 16.5. The maximum Gasteiger partial charge on any atom is 0.351 e. The van der Waals surface area contributed by atoms with Gasteiger partial charge in [0.25, 0.3) is 5.91 Å². The number of methoxy groups -OCH3 is 1. The number of aromatic amines is 2. The average Bonchev–Trinajstić information content (AvgIpc) is 3.49. The maximum atomic E-state index is 14.1. The van der Waals surface area contributed by atoms with E-state index in [9.17, 15) is 13.6 Å². The number of carbonyl (C=O) groups is 1. The summed E-state index contributed by atoms with van der Waals surface area (Å²) in [5.74, 6) is -1.88. The number of piperidine rings is 2. The number of likely N-dealkylation sites (tertiary alicyclic amines) is 1. The van der Waals surface area contributed by atoms with E-state index in [2.05, 4.69) is 41.5 Å². The number of amides is 1. The molecule has 0 radical (unpaired) electrons. The number of aromatic nitrogens is 3. The largest absolute Gasteiger partial charge is 0.493 e. The van der Waals surface area contributed by atoms with E-state index in [0.717, 1.165) is 43.8 Å². The summed E-state index contributed by atoms with van der Waals surface area (Å²) in [7, 11) is 1.62. The van der Waals surface area contributed by atoms with Gasteiger partial charge in [-0.25, -0.2) is 13.8 Å². The highest BCUT2D eigenvalue weighted by atomic mass is 19.2. The number of carbonyl (C=O) groups excluding carboxylic acids is 1. The molecule has 1 amide bonds. The molecule has 12 heteroatoms. The molecule has 0 saturated carbocycles. The van der Waals surface area contributed by atoms with Gasteiger partial charge in [0.1, 0.15) is 5.69 Å². The Hall–Kier alpha value is -4.45. The smallest absolute Gasteiger partial charge is 0.351 e. The fourth-order valence-corrected chi connectivity index (χ4v) is 6.00. The van der Waals surface area contributed by atoms with E-state index in [1.54, 1.807) is 19.4 Å². The van der Waals surface area contributed by atoms with Gasteiger partial charge in [-0.1, -0.05) is 11.4 Å². The first-order valence-corrected chi connectivity index (χ1v) is 14.3. The molecule has 0 bridgehead atoms. The Morgan fingerprint density at radius 1 is 1.02 bits per heavy atom. The van der Waals surface area contributed by atoms with Crippen molar-refractivity contribution in [2.45, 2.75) is 38.1 Å². The number of fused-ring (bicyclic) bond motifs is 1. The molecule has 2 aromatic heterocycles. The highest BCUT2D eigenvalue weighted by Gasteiger charge is 2.26. The fourth-order valence-electron chi connectivity index (χ4n) is 6.00. The van der Waals surface area contributed by atoms with Crippen LogP contribution in [0.3, 0.4) is 0 Å². The van der Waals surface area contributed by atoms with Crippen molar-refractivity contribution in [3.63, 3.8) is 0 Å². The molecule has 2 aliphatic heterocycles. The number of hydrogen-bond acceptors (Lipinski definition) is 7. The molecule has 0 spiro atoms. The van der Waals surface area contributed by atoms with Crippen LogP contribution < -0.4 is 31.0 Å². The number of rotatable bonds is 8. The molecule has 0 aliphatic carbocycles. The summed E-state index contributed by atoms with van der Waals surface area (Å²) in [6.07, 6.45) is 7.99. The predicted molar refractivity (Wildman–Crippen MR) is 158 cm³/mol. The van der Waals surface area contributed by atoms with E-state index in [-0.39, 0.29) is 11.3 Å². The first-order valence-electron chi connectivity index (χ1n) is 14.3. The maximum absolute atomic E-state index is 14.1. The molecular weight excluding hydrogens is 542 g/mol. The molecule has 10 nitrogen and oxygen atoms in total. The predicted octanol–water partition coefficient (Wildman–Crippen LogP) is 4.70. The minimum Gasteiger partial charge on any atom is -0.493 e. The molecule has 6 rings (SSSR count). The molecule has 4 heterocycles. The van der Waals surface area contributed by atoms with Crippen LogP contribution in [0.5, 0.6) is 5.75 Å². The van der Waals surface area contributed by atoms with Gasteiger partial charge in [0.2, 0.25) is 11.5 Å². The summed E-state index contributed by atoms with van der Waals surface area (Å²) in [6.45, 7) is 4.45. The first-order chi connectivity index (χ1) is 20.4. The van der Waals surface area contributed by atoms with Crippen LogP contribution in [0.2, 0.25) is 0 Å². The number of hydrogen-bond donors (Lipinski definition) is 4. The topological polar surface area (TPSA) is 126 Å². The number of nitrogens with one attached hydrogen (secondary N) is 4. The van der Waals surface area contributed by atoms with Crippen molar-refractivity contribution < 1.29 is 23.3 Å². The van der Waals surface area contributed by atoms with Crippen LogP contribution >= 0.6 is 0 Å². The number of primary amides is 1. The lowest BCUT2D eigenvalue weighted by molar-refractivity contribution is -0.333. The van der Waals surface area contributed by atoms with Crippen LogP contribution in [0, 0.1) is 11.6 Å².